The van der Waals surface area contributed by atoms with Crippen molar-refractivity contribution >= 4 is 17.8 Å². The highest BCUT2D eigenvalue weighted by Crippen LogP contribution is 2.29. The van der Waals surface area contributed by atoms with Crippen LogP contribution in [-0.4, -0.2) is 62.8 Å². The van der Waals surface area contributed by atoms with E-state index in [4.69, 9.17) is 18.9 Å². The molecule has 3 N–H and O–H groups in total. The van der Waals surface area contributed by atoms with E-state index in [1.807, 2.05) is 0 Å². The molecule has 3 fully saturated rings. The molecule has 2 heterocycles. The number of carbonyl (C=O) groups is 2. The molecule has 0 unspecified atom stereocenters. The van der Waals surface area contributed by atoms with Gasteiger partial charge < -0.3 is 29.6 Å². The fraction of sp³-hybridized carbons (Fsp3) is 0.619. The summed E-state index contributed by atoms with van der Waals surface area (Å²) >= 11 is 0. The number of carbonyl (C=O) groups excluding carboxylic acids is 2. The number of urea groups is 1. The van der Waals surface area contributed by atoms with Crippen LogP contribution in [0.4, 0.5) is 15.3 Å². The largest absolute Gasteiger partial charge is 0.497 e. The Morgan fingerprint density at radius 1 is 0.967 bits per heavy atom. The number of ether oxygens (including phenoxy) is 4. The van der Waals surface area contributed by atoms with E-state index in [2.05, 4.69) is 16.0 Å². The van der Waals surface area contributed by atoms with E-state index in [0.29, 0.717) is 18.0 Å². The molecule has 30 heavy (non-hydrogen) atoms. The van der Waals surface area contributed by atoms with Gasteiger partial charge in [0.2, 0.25) is 0 Å². The Balaban J connectivity index is 1.24. The third kappa shape index (κ3) is 4.96. The molecule has 0 spiro atoms. The maximum atomic E-state index is 12.3. The Bertz CT molecular complexity index is 737. The molecule has 1 saturated carbocycles. The van der Waals surface area contributed by atoms with Crippen molar-refractivity contribution in [3.05, 3.63) is 24.3 Å². The first-order chi connectivity index (χ1) is 14.6. The lowest BCUT2D eigenvalue weighted by atomic mass is 9.96. The number of amides is 3. The Kier molecular flexibility index (Phi) is 6.59. The molecule has 1 aromatic rings. The van der Waals surface area contributed by atoms with Crippen molar-refractivity contribution in [2.45, 2.75) is 62.5 Å². The topological polar surface area (TPSA) is 107 Å². The number of fused-ring (bicyclic) bond motifs is 1. The lowest BCUT2D eigenvalue weighted by Crippen LogP contribution is -2.51. The second-order valence-electron chi connectivity index (χ2n) is 7.95. The molecule has 1 aromatic carbocycles. The second kappa shape index (κ2) is 9.53. The summed E-state index contributed by atoms with van der Waals surface area (Å²) in [5, 5.41) is 8.67. The van der Waals surface area contributed by atoms with Crippen molar-refractivity contribution in [1.29, 1.82) is 0 Å². The predicted molar refractivity (Wildman–Crippen MR) is 109 cm³/mol. The minimum atomic E-state index is -0.579. The van der Waals surface area contributed by atoms with Crippen LogP contribution < -0.4 is 20.7 Å². The van der Waals surface area contributed by atoms with Crippen LogP contribution >= 0.6 is 0 Å². The van der Waals surface area contributed by atoms with E-state index in [1.165, 1.54) is 6.42 Å². The third-order valence-corrected chi connectivity index (χ3v) is 5.86. The quantitative estimate of drug-likeness (QED) is 0.677. The Hall–Kier alpha value is -2.52. The molecule has 1 aliphatic carbocycles. The van der Waals surface area contributed by atoms with Gasteiger partial charge in [-0.1, -0.05) is 19.3 Å². The summed E-state index contributed by atoms with van der Waals surface area (Å²) in [6.45, 7) is 0.557. The molecule has 0 bridgehead atoms. The minimum Gasteiger partial charge on any atom is -0.497 e. The van der Waals surface area contributed by atoms with Crippen LogP contribution in [0.3, 0.4) is 0 Å². The molecule has 0 aromatic heterocycles. The van der Waals surface area contributed by atoms with Crippen LogP contribution in [0.5, 0.6) is 5.75 Å². The average Bonchev–Trinajstić information content (AvgIpc) is 3.33. The number of rotatable bonds is 5. The van der Waals surface area contributed by atoms with Gasteiger partial charge in [-0.3, -0.25) is 5.32 Å². The van der Waals surface area contributed by atoms with Crippen molar-refractivity contribution < 1.29 is 28.5 Å². The molecule has 4 atom stereocenters. The van der Waals surface area contributed by atoms with Crippen LogP contribution in [0, 0.1) is 0 Å². The van der Waals surface area contributed by atoms with E-state index in [0.717, 1.165) is 25.7 Å². The van der Waals surface area contributed by atoms with Gasteiger partial charge in [0.05, 0.1) is 26.4 Å². The fourth-order valence-electron chi connectivity index (χ4n) is 4.29. The van der Waals surface area contributed by atoms with Gasteiger partial charge in [0.25, 0.3) is 0 Å². The molecule has 2 saturated heterocycles. The van der Waals surface area contributed by atoms with E-state index < -0.39 is 18.3 Å². The van der Waals surface area contributed by atoms with Gasteiger partial charge >= 0.3 is 12.1 Å². The van der Waals surface area contributed by atoms with Crippen LogP contribution in [-0.2, 0) is 14.2 Å². The first kappa shape index (κ1) is 20.7. The van der Waals surface area contributed by atoms with Gasteiger partial charge in [-0.2, -0.15) is 0 Å². The van der Waals surface area contributed by atoms with E-state index in [1.54, 1.807) is 31.4 Å². The lowest BCUT2D eigenvalue weighted by molar-refractivity contribution is 0.00871. The molecular weight excluding hydrogens is 390 g/mol. The maximum absolute atomic E-state index is 12.3. The van der Waals surface area contributed by atoms with Crippen molar-refractivity contribution in [3.63, 3.8) is 0 Å². The maximum Gasteiger partial charge on any atom is 0.412 e. The third-order valence-electron chi connectivity index (χ3n) is 5.86. The number of anilines is 1. The van der Waals surface area contributed by atoms with Crippen LogP contribution in [0.1, 0.15) is 32.1 Å². The van der Waals surface area contributed by atoms with Crippen molar-refractivity contribution in [1.82, 2.24) is 10.6 Å². The number of hydrogen-bond acceptors (Lipinski definition) is 6. The second-order valence-corrected chi connectivity index (χ2v) is 7.95. The number of benzene rings is 1. The Morgan fingerprint density at radius 3 is 2.43 bits per heavy atom. The highest BCUT2D eigenvalue weighted by molar-refractivity contribution is 5.84. The summed E-state index contributed by atoms with van der Waals surface area (Å²) in [6.07, 6.45) is 3.76. The highest BCUT2D eigenvalue weighted by atomic mass is 16.6. The minimum absolute atomic E-state index is 0.193. The average molecular weight is 419 g/mol. The lowest BCUT2D eigenvalue weighted by Gasteiger charge is -2.24. The zero-order chi connectivity index (χ0) is 20.9. The Morgan fingerprint density at radius 2 is 1.70 bits per heavy atom. The van der Waals surface area contributed by atoms with Gasteiger partial charge in [0.1, 0.15) is 18.0 Å². The first-order valence-corrected chi connectivity index (χ1v) is 10.5. The first-order valence-electron chi connectivity index (χ1n) is 10.5. The summed E-state index contributed by atoms with van der Waals surface area (Å²) in [7, 11) is 1.58. The molecule has 0 radical (unpaired) electrons. The summed E-state index contributed by atoms with van der Waals surface area (Å²) < 4.78 is 22.2. The molecular formula is C21H29N3O6. The van der Waals surface area contributed by atoms with Crippen LogP contribution in [0.2, 0.25) is 0 Å². The normalized spacial score (nSPS) is 28.4. The van der Waals surface area contributed by atoms with Crippen LogP contribution in [0.15, 0.2) is 24.3 Å². The van der Waals surface area contributed by atoms with Gasteiger partial charge in [0.15, 0.2) is 6.10 Å². The molecule has 164 valence electrons. The van der Waals surface area contributed by atoms with Gasteiger partial charge in [-0.15, -0.1) is 0 Å². The molecule has 3 aliphatic rings. The fourth-order valence-corrected chi connectivity index (χ4v) is 4.29. The van der Waals surface area contributed by atoms with Gasteiger partial charge in [0, 0.05) is 11.7 Å². The van der Waals surface area contributed by atoms with Gasteiger partial charge in [-0.05, 0) is 37.1 Å². The van der Waals surface area contributed by atoms with Crippen LogP contribution in [0.25, 0.3) is 0 Å². The summed E-state index contributed by atoms with van der Waals surface area (Å²) in [6, 6.07) is 6.73. The zero-order valence-corrected chi connectivity index (χ0v) is 17.1. The molecule has 9 nitrogen and oxygen atoms in total. The van der Waals surface area contributed by atoms with E-state index in [-0.39, 0.29) is 30.8 Å². The molecule has 3 amide bonds. The summed E-state index contributed by atoms with van der Waals surface area (Å²) in [5.74, 6) is 0.700. The predicted octanol–water partition coefficient (Wildman–Crippen LogP) is 2.41. The Labute approximate surface area is 175 Å². The van der Waals surface area contributed by atoms with Crippen molar-refractivity contribution in [2.75, 3.05) is 25.6 Å². The molecule has 4 rings (SSSR count). The van der Waals surface area contributed by atoms with Gasteiger partial charge in [-0.25, -0.2) is 9.59 Å². The standard InChI is InChI=1S/C21H29N3O6/c1-27-15-9-7-14(8-10-15)23-21(26)30-17-12-29-18-16(11-28-19(17)18)24-20(25)22-13-5-3-2-4-6-13/h7-10,13,16-19H,2-6,11-12H2,1H3,(H,23,26)(H2,22,24,25)/t16-,17+,18+,19+/m0/s1. The van der Waals surface area contributed by atoms with E-state index in [9.17, 15) is 9.59 Å². The van der Waals surface area contributed by atoms with Crippen molar-refractivity contribution in [3.8, 4) is 5.75 Å². The number of methoxy groups -OCH3 is 1. The summed E-state index contributed by atoms with van der Waals surface area (Å²) in [4.78, 5) is 24.6. The van der Waals surface area contributed by atoms with Crippen molar-refractivity contribution in [2.24, 2.45) is 0 Å². The summed E-state index contributed by atoms with van der Waals surface area (Å²) in [5.41, 5.74) is 0.600. The smallest absolute Gasteiger partial charge is 0.412 e. The monoisotopic (exact) mass is 419 g/mol. The SMILES string of the molecule is COc1ccc(NC(=O)O[C@@H]2CO[C@H]3[C@@H]2OC[C@@H]3NC(=O)NC2CCCCC2)cc1. The number of hydrogen-bond donors (Lipinski definition) is 3. The number of nitrogens with one attached hydrogen (secondary N) is 3. The zero-order valence-electron chi connectivity index (χ0n) is 17.1. The van der Waals surface area contributed by atoms with E-state index >= 15 is 0 Å². The highest BCUT2D eigenvalue weighted by Gasteiger charge is 2.50. The molecule has 9 heteroatoms. The molecule has 2 aliphatic heterocycles.